The second-order valence-electron chi connectivity index (χ2n) is 4.51. The summed E-state index contributed by atoms with van der Waals surface area (Å²) < 4.78 is 1.51. The topological polar surface area (TPSA) is 72.9 Å². The summed E-state index contributed by atoms with van der Waals surface area (Å²) in [5, 5.41) is 9.00. The summed E-state index contributed by atoms with van der Waals surface area (Å²) in [5.74, 6) is 0.271. The second kappa shape index (κ2) is 5.05. The fraction of sp³-hybridized carbons (Fsp3) is 0.0667. The largest absolute Gasteiger partial charge is 0.382 e. The van der Waals surface area contributed by atoms with Gasteiger partial charge in [0.25, 0.3) is 0 Å². The van der Waals surface area contributed by atoms with Crippen molar-refractivity contribution in [2.45, 2.75) is 6.54 Å². The molecule has 0 saturated carbocycles. The Morgan fingerprint density at radius 2 is 1.95 bits per heavy atom. The van der Waals surface area contributed by atoms with Gasteiger partial charge in [0, 0.05) is 17.3 Å². The molecule has 5 nitrogen and oxygen atoms in total. The Labute approximate surface area is 116 Å². The molecule has 5 heteroatoms. The Kier molecular flexibility index (Phi) is 3.09. The highest BCUT2D eigenvalue weighted by Crippen LogP contribution is 2.22. The van der Waals surface area contributed by atoms with E-state index in [1.807, 2.05) is 42.5 Å². The molecule has 0 radical (unpaired) electrons. The van der Waals surface area contributed by atoms with Crippen molar-refractivity contribution in [3.05, 3.63) is 54.7 Å². The molecule has 0 aliphatic heterocycles. The molecule has 0 atom stereocenters. The van der Waals surface area contributed by atoms with E-state index < -0.39 is 0 Å². The standard InChI is InChI=1S/C15H14N4O/c16-14-8-9-19(18-14)10-15(20)17-13-7-3-5-11-4-1-2-6-12(11)13/h1-9H,10H2,(H2,16,18)(H,17,20). The van der Waals surface area contributed by atoms with Gasteiger partial charge in [-0.3, -0.25) is 9.48 Å². The molecule has 0 spiro atoms. The predicted octanol–water partition coefficient (Wildman–Crippen LogP) is 2.26. The number of carbonyl (C=O) groups excluding carboxylic acids is 1. The number of nitrogens with two attached hydrogens (primary N) is 1. The Balaban J connectivity index is 1.81. The fourth-order valence-corrected chi connectivity index (χ4v) is 2.14. The number of nitrogens with zero attached hydrogens (tertiary/aromatic N) is 2. The molecule has 0 saturated heterocycles. The third-order valence-electron chi connectivity index (χ3n) is 3.03. The van der Waals surface area contributed by atoms with Crippen molar-refractivity contribution in [3.8, 4) is 0 Å². The summed E-state index contributed by atoms with van der Waals surface area (Å²) in [6.45, 7) is 0.139. The number of hydrogen-bond acceptors (Lipinski definition) is 3. The monoisotopic (exact) mass is 266 g/mol. The molecule has 20 heavy (non-hydrogen) atoms. The molecular weight excluding hydrogens is 252 g/mol. The SMILES string of the molecule is Nc1ccn(CC(=O)Nc2cccc3ccccc23)n1. The molecule has 0 aliphatic rings. The van der Waals surface area contributed by atoms with Crippen LogP contribution in [0.4, 0.5) is 11.5 Å². The average molecular weight is 266 g/mol. The van der Waals surface area contributed by atoms with E-state index >= 15 is 0 Å². The van der Waals surface area contributed by atoms with Gasteiger partial charge in [-0.1, -0.05) is 36.4 Å². The summed E-state index contributed by atoms with van der Waals surface area (Å²) in [5.41, 5.74) is 6.32. The summed E-state index contributed by atoms with van der Waals surface area (Å²) in [6.07, 6.45) is 1.68. The molecule has 0 bridgehead atoms. The van der Waals surface area contributed by atoms with Crippen molar-refractivity contribution < 1.29 is 4.79 Å². The molecule has 100 valence electrons. The summed E-state index contributed by atoms with van der Waals surface area (Å²) in [7, 11) is 0. The van der Waals surface area contributed by atoms with Crippen LogP contribution < -0.4 is 11.1 Å². The number of anilines is 2. The quantitative estimate of drug-likeness (QED) is 0.763. The number of nitrogen functional groups attached to an aromatic ring is 1. The van der Waals surface area contributed by atoms with Crippen LogP contribution in [0.15, 0.2) is 54.7 Å². The molecule has 0 fully saturated rings. The van der Waals surface area contributed by atoms with Crippen LogP contribution in [0.5, 0.6) is 0 Å². The lowest BCUT2D eigenvalue weighted by Crippen LogP contribution is -2.19. The van der Waals surface area contributed by atoms with Crippen molar-refractivity contribution in [3.63, 3.8) is 0 Å². The van der Waals surface area contributed by atoms with Gasteiger partial charge in [-0.05, 0) is 17.5 Å². The van der Waals surface area contributed by atoms with E-state index in [4.69, 9.17) is 5.73 Å². The van der Waals surface area contributed by atoms with Gasteiger partial charge in [0.1, 0.15) is 12.4 Å². The molecule has 1 heterocycles. The minimum absolute atomic E-state index is 0.135. The van der Waals surface area contributed by atoms with Gasteiger partial charge in [0.15, 0.2) is 0 Å². The number of hydrogen-bond donors (Lipinski definition) is 2. The van der Waals surface area contributed by atoms with E-state index in [9.17, 15) is 4.79 Å². The molecular formula is C15H14N4O. The van der Waals surface area contributed by atoms with Gasteiger partial charge >= 0.3 is 0 Å². The maximum Gasteiger partial charge on any atom is 0.246 e. The molecule has 3 rings (SSSR count). The van der Waals surface area contributed by atoms with Crippen molar-refractivity contribution in [2.24, 2.45) is 0 Å². The zero-order valence-electron chi connectivity index (χ0n) is 10.8. The molecule has 0 unspecified atom stereocenters. The first-order valence-corrected chi connectivity index (χ1v) is 6.29. The first kappa shape index (κ1) is 12.2. The molecule has 2 aromatic carbocycles. The van der Waals surface area contributed by atoms with Crippen LogP contribution in [0.25, 0.3) is 10.8 Å². The zero-order chi connectivity index (χ0) is 13.9. The van der Waals surface area contributed by atoms with Crippen molar-refractivity contribution in [1.82, 2.24) is 9.78 Å². The van der Waals surface area contributed by atoms with E-state index in [1.165, 1.54) is 4.68 Å². The Morgan fingerprint density at radius 1 is 1.15 bits per heavy atom. The van der Waals surface area contributed by atoms with Crippen LogP contribution in [0.3, 0.4) is 0 Å². The van der Waals surface area contributed by atoms with Crippen molar-refractivity contribution in [1.29, 1.82) is 0 Å². The number of fused-ring (bicyclic) bond motifs is 1. The molecule has 1 amide bonds. The van der Waals surface area contributed by atoms with E-state index in [-0.39, 0.29) is 12.5 Å². The zero-order valence-corrected chi connectivity index (χ0v) is 10.8. The van der Waals surface area contributed by atoms with Crippen LogP contribution in [0.1, 0.15) is 0 Å². The number of aromatic nitrogens is 2. The Bertz CT molecular complexity index is 758. The summed E-state index contributed by atoms with van der Waals surface area (Å²) in [6, 6.07) is 15.4. The molecule has 3 N–H and O–H groups in total. The van der Waals surface area contributed by atoms with Gasteiger partial charge in [-0.25, -0.2) is 0 Å². The van der Waals surface area contributed by atoms with Gasteiger partial charge in [-0.2, -0.15) is 5.10 Å². The highest BCUT2D eigenvalue weighted by molar-refractivity contribution is 6.01. The predicted molar refractivity (Wildman–Crippen MR) is 79.2 cm³/mol. The average Bonchev–Trinajstić information content (AvgIpc) is 2.84. The van der Waals surface area contributed by atoms with Gasteiger partial charge in [0.2, 0.25) is 5.91 Å². The third-order valence-corrected chi connectivity index (χ3v) is 3.03. The third kappa shape index (κ3) is 2.47. The number of amides is 1. The maximum atomic E-state index is 12.0. The number of carbonyl (C=O) groups is 1. The molecule has 3 aromatic rings. The normalized spacial score (nSPS) is 10.6. The molecule has 1 aromatic heterocycles. The first-order valence-electron chi connectivity index (χ1n) is 6.29. The van der Waals surface area contributed by atoms with Crippen LogP contribution in [-0.2, 0) is 11.3 Å². The highest BCUT2D eigenvalue weighted by atomic mass is 16.2. The molecule has 0 aliphatic carbocycles. The minimum Gasteiger partial charge on any atom is -0.382 e. The minimum atomic E-state index is -0.135. The second-order valence-corrected chi connectivity index (χ2v) is 4.51. The first-order chi connectivity index (χ1) is 9.72. The van der Waals surface area contributed by atoms with Crippen LogP contribution >= 0.6 is 0 Å². The van der Waals surface area contributed by atoms with E-state index in [1.54, 1.807) is 12.3 Å². The van der Waals surface area contributed by atoms with Gasteiger partial charge < -0.3 is 11.1 Å². The lowest BCUT2D eigenvalue weighted by atomic mass is 10.1. The van der Waals surface area contributed by atoms with Crippen LogP contribution in [0, 0.1) is 0 Å². The van der Waals surface area contributed by atoms with Crippen molar-refractivity contribution >= 4 is 28.2 Å². The summed E-state index contributed by atoms with van der Waals surface area (Å²) >= 11 is 0. The van der Waals surface area contributed by atoms with Crippen LogP contribution in [0.2, 0.25) is 0 Å². The van der Waals surface area contributed by atoms with E-state index in [2.05, 4.69) is 10.4 Å². The lowest BCUT2D eigenvalue weighted by Gasteiger charge is -2.08. The number of nitrogens with one attached hydrogen (secondary N) is 1. The van der Waals surface area contributed by atoms with Gasteiger partial charge in [0.05, 0.1) is 0 Å². The van der Waals surface area contributed by atoms with Crippen LogP contribution in [-0.4, -0.2) is 15.7 Å². The summed E-state index contributed by atoms with van der Waals surface area (Å²) in [4.78, 5) is 12.0. The van der Waals surface area contributed by atoms with E-state index in [0.717, 1.165) is 16.5 Å². The Hall–Kier alpha value is -2.82. The number of rotatable bonds is 3. The maximum absolute atomic E-state index is 12.0. The van der Waals surface area contributed by atoms with E-state index in [0.29, 0.717) is 5.82 Å². The smallest absolute Gasteiger partial charge is 0.246 e. The highest BCUT2D eigenvalue weighted by Gasteiger charge is 2.07. The lowest BCUT2D eigenvalue weighted by molar-refractivity contribution is -0.116. The number of benzene rings is 2. The van der Waals surface area contributed by atoms with Crippen molar-refractivity contribution in [2.75, 3.05) is 11.1 Å². The van der Waals surface area contributed by atoms with Gasteiger partial charge in [-0.15, -0.1) is 0 Å². The Morgan fingerprint density at radius 3 is 2.75 bits per heavy atom. The fourth-order valence-electron chi connectivity index (χ4n) is 2.14.